The molecule has 2 bridgehead atoms. The average Bonchev–Trinajstić information content (AvgIpc) is 3.53. The van der Waals surface area contributed by atoms with Crippen LogP contribution in [-0.2, 0) is 24.1 Å². The fourth-order valence-corrected chi connectivity index (χ4v) is 5.16. The molecule has 0 saturated carbocycles. The van der Waals surface area contributed by atoms with E-state index in [1.807, 2.05) is 11.0 Å². The molecule has 3 aromatic rings. The minimum Gasteiger partial charge on any atom is -0.472 e. The van der Waals surface area contributed by atoms with E-state index < -0.39 is 52.8 Å². The van der Waals surface area contributed by atoms with Gasteiger partial charge in [-0.05, 0) is 23.8 Å². The molecule has 3 aliphatic rings. The molecule has 0 amide bonds. The molecular weight excluding hydrogens is 517 g/mol. The molecule has 2 fully saturated rings. The number of aromatic nitrogens is 3. The van der Waals surface area contributed by atoms with Gasteiger partial charge in [-0.1, -0.05) is 0 Å². The topological polar surface area (TPSA) is 102 Å². The second-order valence-electron chi connectivity index (χ2n) is 9.22. The van der Waals surface area contributed by atoms with Crippen LogP contribution in [0.4, 0.5) is 27.8 Å². The van der Waals surface area contributed by atoms with Crippen molar-refractivity contribution in [2.45, 2.75) is 37.4 Å². The molecule has 5 heterocycles. The number of morpholine rings is 1. The van der Waals surface area contributed by atoms with Gasteiger partial charge in [0.2, 0.25) is 5.88 Å². The summed E-state index contributed by atoms with van der Waals surface area (Å²) >= 11 is 0. The summed E-state index contributed by atoms with van der Waals surface area (Å²) in [4.78, 5) is 21.7. The maximum atomic E-state index is 14.7. The van der Waals surface area contributed by atoms with Crippen LogP contribution in [0.5, 0.6) is 17.4 Å². The highest BCUT2D eigenvalue weighted by Crippen LogP contribution is 2.48. The number of nitrogens with zero attached hydrogens (tertiary/aromatic N) is 5. The first-order valence-electron chi connectivity index (χ1n) is 11.3. The quantitative estimate of drug-likeness (QED) is 0.459. The van der Waals surface area contributed by atoms with Crippen LogP contribution in [0.25, 0.3) is 0 Å². The van der Waals surface area contributed by atoms with Crippen molar-refractivity contribution in [3.63, 3.8) is 0 Å². The second-order valence-corrected chi connectivity index (χ2v) is 9.22. The Morgan fingerprint density at radius 3 is 2.68 bits per heavy atom. The summed E-state index contributed by atoms with van der Waals surface area (Å²) in [5.74, 6) is -3.68. The van der Waals surface area contributed by atoms with Crippen molar-refractivity contribution in [3.05, 3.63) is 69.4 Å². The van der Waals surface area contributed by atoms with Crippen molar-refractivity contribution in [2.75, 3.05) is 18.1 Å². The number of nitriles is 1. The zero-order valence-corrected chi connectivity index (χ0v) is 19.3. The maximum absolute atomic E-state index is 14.7. The normalized spacial score (nSPS) is 21.3. The van der Waals surface area contributed by atoms with Crippen LogP contribution in [0.1, 0.15) is 23.2 Å². The Morgan fingerprint density at radius 2 is 2.00 bits per heavy atom. The highest BCUT2D eigenvalue weighted by molar-refractivity contribution is 5.64. The number of fused-ring (bicyclic) bond motifs is 3. The SMILES string of the molecule is N#Cc1c(OCc2cc(F)c(Oc3ccnc(C(F)(F)F)c3)c(F)c2)nc(=O)n2c1N1C[C@@H]3C[C@]1(CO3)C2. The summed E-state index contributed by atoms with van der Waals surface area (Å²) < 4.78 is 85.6. The van der Waals surface area contributed by atoms with Crippen molar-refractivity contribution >= 4 is 5.82 Å². The van der Waals surface area contributed by atoms with Gasteiger partial charge in [0.05, 0.1) is 24.8 Å². The fourth-order valence-electron chi connectivity index (χ4n) is 5.16. The fraction of sp³-hybridized carbons (Fsp3) is 0.333. The van der Waals surface area contributed by atoms with E-state index in [4.69, 9.17) is 14.2 Å². The Balaban J connectivity index is 1.24. The number of pyridine rings is 1. The van der Waals surface area contributed by atoms with Gasteiger partial charge in [0.1, 0.15) is 29.9 Å². The van der Waals surface area contributed by atoms with E-state index in [0.717, 1.165) is 30.8 Å². The predicted octanol–water partition coefficient (Wildman–Crippen LogP) is 3.54. The summed E-state index contributed by atoms with van der Waals surface area (Å²) in [6, 6.07) is 5.28. The van der Waals surface area contributed by atoms with E-state index in [9.17, 15) is 32.0 Å². The smallest absolute Gasteiger partial charge is 0.433 e. The van der Waals surface area contributed by atoms with Crippen LogP contribution in [0, 0.1) is 23.0 Å². The lowest BCUT2D eigenvalue weighted by Crippen LogP contribution is -2.46. The number of anilines is 1. The Hall–Kier alpha value is -4.25. The second kappa shape index (κ2) is 8.38. The molecular formula is C24H16F5N5O4. The Bertz CT molecular complexity index is 1550. The molecule has 38 heavy (non-hydrogen) atoms. The van der Waals surface area contributed by atoms with Gasteiger partial charge in [-0.15, -0.1) is 0 Å². The first-order chi connectivity index (χ1) is 18.1. The van der Waals surface area contributed by atoms with Crippen molar-refractivity contribution in [1.82, 2.24) is 14.5 Å². The minimum absolute atomic E-state index is 0.00168. The van der Waals surface area contributed by atoms with E-state index >= 15 is 0 Å². The lowest BCUT2D eigenvalue weighted by molar-refractivity contribution is -0.141. The summed E-state index contributed by atoms with van der Waals surface area (Å²) in [6.07, 6.45) is -3.24. The summed E-state index contributed by atoms with van der Waals surface area (Å²) in [5.41, 5.74) is -2.34. The van der Waals surface area contributed by atoms with Crippen LogP contribution < -0.4 is 20.1 Å². The van der Waals surface area contributed by atoms with Gasteiger partial charge < -0.3 is 19.1 Å². The number of halogens is 5. The molecule has 1 aromatic carbocycles. The van der Waals surface area contributed by atoms with Gasteiger partial charge in [0, 0.05) is 25.2 Å². The van der Waals surface area contributed by atoms with E-state index in [0.29, 0.717) is 31.6 Å². The Kier molecular flexibility index (Phi) is 5.32. The molecule has 14 heteroatoms. The number of hydrogen-bond acceptors (Lipinski definition) is 8. The van der Waals surface area contributed by atoms with E-state index in [2.05, 4.69) is 9.97 Å². The molecule has 1 spiro atoms. The van der Waals surface area contributed by atoms with Gasteiger partial charge in [-0.25, -0.2) is 13.6 Å². The van der Waals surface area contributed by atoms with Gasteiger partial charge in [-0.2, -0.15) is 23.4 Å². The summed E-state index contributed by atoms with van der Waals surface area (Å²) in [6.45, 7) is 0.809. The van der Waals surface area contributed by atoms with Gasteiger partial charge in [0.25, 0.3) is 0 Å². The summed E-state index contributed by atoms with van der Waals surface area (Å²) in [5, 5.41) is 9.84. The standard InChI is InChI=1S/C24H16F5N5O4/c25-16-3-12(4-17(26)19(16)38-13-1-2-31-18(5-13)24(27,28)29)9-36-20-15(7-30)21-33(22(35)32-20)10-23-6-14(37-11-23)8-34(21)23/h1-5,14H,6,8-11H2/t14-,23+/m0/s1. The van der Waals surface area contributed by atoms with Crippen LogP contribution in [0.2, 0.25) is 0 Å². The van der Waals surface area contributed by atoms with E-state index in [1.54, 1.807) is 0 Å². The van der Waals surface area contributed by atoms with Crippen LogP contribution >= 0.6 is 0 Å². The average molecular weight is 533 g/mol. The van der Waals surface area contributed by atoms with Gasteiger partial charge in [0.15, 0.2) is 22.9 Å². The number of benzene rings is 1. The van der Waals surface area contributed by atoms with Crippen molar-refractivity contribution in [3.8, 4) is 23.4 Å². The highest BCUT2D eigenvalue weighted by atomic mass is 19.4. The van der Waals surface area contributed by atoms with Crippen molar-refractivity contribution in [1.29, 1.82) is 5.26 Å². The zero-order valence-electron chi connectivity index (χ0n) is 19.3. The number of alkyl halides is 3. The predicted molar refractivity (Wildman–Crippen MR) is 118 cm³/mol. The minimum atomic E-state index is -4.77. The first-order valence-corrected chi connectivity index (χ1v) is 11.3. The Morgan fingerprint density at radius 1 is 1.24 bits per heavy atom. The molecule has 2 saturated heterocycles. The van der Waals surface area contributed by atoms with Crippen LogP contribution in [-0.4, -0.2) is 39.3 Å². The third-order valence-electron chi connectivity index (χ3n) is 6.77. The van der Waals surface area contributed by atoms with E-state index in [1.165, 1.54) is 4.57 Å². The van der Waals surface area contributed by atoms with Crippen LogP contribution in [0.15, 0.2) is 35.3 Å². The molecule has 196 valence electrons. The van der Waals surface area contributed by atoms with Gasteiger partial charge >= 0.3 is 11.9 Å². The molecule has 0 N–H and O–H groups in total. The number of ether oxygens (including phenoxy) is 3. The third-order valence-corrected chi connectivity index (χ3v) is 6.77. The number of rotatable bonds is 5. The molecule has 2 aromatic heterocycles. The maximum Gasteiger partial charge on any atom is 0.433 e. The van der Waals surface area contributed by atoms with Crippen molar-refractivity contribution in [2.24, 2.45) is 0 Å². The first kappa shape index (κ1) is 24.1. The molecule has 9 nitrogen and oxygen atoms in total. The molecule has 0 aliphatic carbocycles. The highest BCUT2D eigenvalue weighted by Gasteiger charge is 2.57. The molecule has 0 unspecified atom stereocenters. The third kappa shape index (κ3) is 3.81. The van der Waals surface area contributed by atoms with Crippen LogP contribution in [0.3, 0.4) is 0 Å². The largest absolute Gasteiger partial charge is 0.472 e. The lowest BCUT2D eigenvalue weighted by Gasteiger charge is -2.32. The van der Waals surface area contributed by atoms with E-state index in [-0.39, 0.29) is 23.1 Å². The van der Waals surface area contributed by atoms with Gasteiger partial charge in [-0.3, -0.25) is 9.55 Å². The molecule has 6 rings (SSSR count). The zero-order chi connectivity index (χ0) is 26.8. The monoisotopic (exact) mass is 533 g/mol. The Labute approximate surface area is 210 Å². The van der Waals surface area contributed by atoms with Crippen molar-refractivity contribution < 1.29 is 36.2 Å². The molecule has 2 atom stereocenters. The molecule has 3 aliphatic heterocycles. The number of hydrogen-bond donors (Lipinski definition) is 0. The lowest BCUT2D eigenvalue weighted by atomic mass is 10.0. The summed E-state index contributed by atoms with van der Waals surface area (Å²) in [7, 11) is 0. The molecule has 0 radical (unpaired) electrons.